The van der Waals surface area contributed by atoms with Crippen LogP contribution in [0.5, 0.6) is 5.75 Å². The fourth-order valence-electron chi connectivity index (χ4n) is 3.18. The quantitative estimate of drug-likeness (QED) is 0.536. The Hall–Kier alpha value is -2.61. The standard InChI is InChI=1S/C21H27FN4O2S/c1-15(28-18-5-3-4-17(22)12-18)13-25-21(23-2)24-9-6-20(27)26-10-7-19-16(14-26)8-11-29-19/h3-5,8,11-12,15H,6-7,9-10,13-14H2,1-2H3,(H2,23,24,25). The molecule has 0 radical (unpaired) electrons. The van der Waals surface area contributed by atoms with Gasteiger partial charge in [0.15, 0.2) is 5.96 Å². The first-order valence-electron chi connectivity index (χ1n) is 9.75. The number of aliphatic imine (C=N–C) groups is 1. The molecule has 1 atom stereocenters. The summed E-state index contributed by atoms with van der Waals surface area (Å²) in [4.78, 5) is 20.0. The molecule has 1 aromatic heterocycles. The predicted octanol–water partition coefficient (Wildman–Crippen LogP) is 2.79. The zero-order chi connectivity index (χ0) is 20.6. The molecule has 6 nitrogen and oxygen atoms in total. The molecule has 29 heavy (non-hydrogen) atoms. The Morgan fingerprint density at radius 2 is 2.24 bits per heavy atom. The van der Waals surface area contributed by atoms with E-state index in [0.29, 0.717) is 37.8 Å². The third kappa shape index (κ3) is 6.19. The number of ether oxygens (including phenoxy) is 1. The van der Waals surface area contributed by atoms with Crippen LogP contribution in [0.25, 0.3) is 0 Å². The van der Waals surface area contributed by atoms with Crippen molar-refractivity contribution in [1.82, 2.24) is 15.5 Å². The number of benzene rings is 1. The van der Waals surface area contributed by atoms with Crippen LogP contribution < -0.4 is 15.4 Å². The van der Waals surface area contributed by atoms with Gasteiger partial charge in [0, 0.05) is 44.0 Å². The van der Waals surface area contributed by atoms with Crippen molar-refractivity contribution in [1.29, 1.82) is 0 Å². The van der Waals surface area contributed by atoms with Crippen LogP contribution in [0, 0.1) is 5.82 Å². The number of thiophene rings is 1. The van der Waals surface area contributed by atoms with Gasteiger partial charge in [-0.05, 0) is 42.5 Å². The van der Waals surface area contributed by atoms with Gasteiger partial charge in [-0.2, -0.15) is 0 Å². The summed E-state index contributed by atoms with van der Waals surface area (Å²) in [7, 11) is 1.68. The predicted molar refractivity (Wildman–Crippen MR) is 114 cm³/mol. The molecular formula is C21H27FN4O2S. The van der Waals surface area contributed by atoms with Gasteiger partial charge >= 0.3 is 0 Å². The maximum Gasteiger partial charge on any atom is 0.224 e. The number of nitrogens with zero attached hydrogens (tertiary/aromatic N) is 2. The first kappa shape index (κ1) is 21.1. The van der Waals surface area contributed by atoms with Crippen LogP contribution >= 0.6 is 11.3 Å². The molecule has 3 rings (SSSR count). The minimum atomic E-state index is -0.325. The topological polar surface area (TPSA) is 66.0 Å². The molecular weight excluding hydrogens is 391 g/mol. The van der Waals surface area contributed by atoms with Crippen molar-refractivity contribution < 1.29 is 13.9 Å². The summed E-state index contributed by atoms with van der Waals surface area (Å²) in [6, 6.07) is 8.18. The zero-order valence-corrected chi connectivity index (χ0v) is 17.6. The van der Waals surface area contributed by atoms with E-state index in [4.69, 9.17) is 4.74 Å². The summed E-state index contributed by atoms with van der Waals surface area (Å²) < 4.78 is 18.9. The molecule has 8 heteroatoms. The highest BCUT2D eigenvalue weighted by molar-refractivity contribution is 7.10. The number of carbonyl (C=O) groups is 1. The Kier molecular flexibility index (Phi) is 7.46. The van der Waals surface area contributed by atoms with Gasteiger partial charge in [0.05, 0.1) is 6.54 Å². The molecule has 2 aromatic rings. The van der Waals surface area contributed by atoms with Gasteiger partial charge in [0.25, 0.3) is 0 Å². The second kappa shape index (κ2) is 10.2. The number of rotatable bonds is 7. The van der Waals surface area contributed by atoms with Crippen LogP contribution in [-0.2, 0) is 17.8 Å². The Labute approximate surface area is 174 Å². The highest BCUT2D eigenvalue weighted by Gasteiger charge is 2.21. The minimum Gasteiger partial charge on any atom is -0.489 e. The normalized spacial score (nSPS) is 14.9. The summed E-state index contributed by atoms with van der Waals surface area (Å²) in [6.45, 7) is 4.39. The van der Waals surface area contributed by atoms with Gasteiger partial charge in [0.2, 0.25) is 5.91 Å². The third-order valence-corrected chi connectivity index (χ3v) is 5.73. The van der Waals surface area contributed by atoms with E-state index in [1.165, 1.54) is 22.6 Å². The van der Waals surface area contributed by atoms with Crippen LogP contribution in [0.3, 0.4) is 0 Å². The summed E-state index contributed by atoms with van der Waals surface area (Å²) in [5.41, 5.74) is 1.27. The Morgan fingerprint density at radius 3 is 3.03 bits per heavy atom. The summed E-state index contributed by atoms with van der Waals surface area (Å²) in [5.74, 6) is 0.913. The van der Waals surface area contributed by atoms with E-state index < -0.39 is 0 Å². The number of nitrogens with one attached hydrogen (secondary N) is 2. The first-order chi connectivity index (χ1) is 14.0. The molecule has 156 valence electrons. The molecule has 1 amide bonds. The lowest BCUT2D eigenvalue weighted by atomic mass is 10.1. The number of carbonyl (C=O) groups excluding carboxylic acids is 1. The maximum absolute atomic E-state index is 13.2. The van der Waals surface area contributed by atoms with Gasteiger partial charge in [-0.25, -0.2) is 4.39 Å². The van der Waals surface area contributed by atoms with Gasteiger partial charge < -0.3 is 20.3 Å². The molecule has 2 heterocycles. The van der Waals surface area contributed by atoms with Crippen LogP contribution in [0.2, 0.25) is 0 Å². The van der Waals surface area contributed by atoms with E-state index in [1.807, 2.05) is 11.8 Å². The Morgan fingerprint density at radius 1 is 1.38 bits per heavy atom. The summed E-state index contributed by atoms with van der Waals surface area (Å²) in [6.07, 6.45) is 1.18. The zero-order valence-electron chi connectivity index (χ0n) is 16.8. The number of halogens is 1. The third-order valence-electron chi connectivity index (χ3n) is 4.71. The van der Waals surface area contributed by atoms with Crippen molar-refractivity contribution in [2.45, 2.75) is 32.4 Å². The average molecular weight is 419 g/mol. The lowest BCUT2D eigenvalue weighted by Gasteiger charge is -2.27. The summed E-state index contributed by atoms with van der Waals surface area (Å²) in [5, 5.41) is 8.42. The van der Waals surface area contributed by atoms with Crippen LogP contribution in [0.1, 0.15) is 23.8 Å². The second-order valence-corrected chi connectivity index (χ2v) is 7.95. The SMILES string of the molecule is CN=C(NCCC(=O)N1CCc2sccc2C1)NCC(C)Oc1cccc(F)c1. The van der Waals surface area contributed by atoms with E-state index in [9.17, 15) is 9.18 Å². The molecule has 0 saturated heterocycles. The smallest absolute Gasteiger partial charge is 0.224 e. The lowest BCUT2D eigenvalue weighted by Crippen LogP contribution is -2.43. The number of hydrogen-bond donors (Lipinski definition) is 2. The molecule has 0 aliphatic carbocycles. The highest BCUT2D eigenvalue weighted by atomic mass is 32.1. The van der Waals surface area contributed by atoms with E-state index in [2.05, 4.69) is 27.1 Å². The van der Waals surface area contributed by atoms with Crippen LogP contribution in [0.15, 0.2) is 40.7 Å². The van der Waals surface area contributed by atoms with Gasteiger partial charge in [-0.3, -0.25) is 9.79 Å². The molecule has 1 aliphatic rings. The monoisotopic (exact) mass is 418 g/mol. The van der Waals surface area contributed by atoms with E-state index in [0.717, 1.165) is 13.0 Å². The number of amides is 1. The largest absolute Gasteiger partial charge is 0.489 e. The lowest BCUT2D eigenvalue weighted by molar-refractivity contribution is -0.131. The maximum atomic E-state index is 13.2. The number of hydrogen-bond acceptors (Lipinski definition) is 4. The Bertz CT molecular complexity index is 855. The van der Waals surface area contributed by atoms with E-state index in [1.54, 1.807) is 30.5 Å². The second-order valence-electron chi connectivity index (χ2n) is 6.95. The van der Waals surface area contributed by atoms with Crippen molar-refractivity contribution in [3.8, 4) is 5.75 Å². The molecule has 0 spiro atoms. The Balaban J connectivity index is 1.36. The number of fused-ring (bicyclic) bond motifs is 1. The minimum absolute atomic E-state index is 0.146. The summed E-state index contributed by atoms with van der Waals surface area (Å²) >= 11 is 1.77. The van der Waals surface area contributed by atoms with Crippen LogP contribution in [0.4, 0.5) is 4.39 Å². The van der Waals surface area contributed by atoms with E-state index in [-0.39, 0.29) is 17.8 Å². The fraction of sp³-hybridized carbons (Fsp3) is 0.429. The van der Waals surface area contributed by atoms with Crippen molar-refractivity contribution in [3.05, 3.63) is 52.0 Å². The van der Waals surface area contributed by atoms with Crippen LogP contribution in [-0.4, -0.2) is 49.6 Å². The van der Waals surface area contributed by atoms with Gasteiger partial charge in [0.1, 0.15) is 17.7 Å². The van der Waals surface area contributed by atoms with Crippen molar-refractivity contribution >= 4 is 23.2 Å². The molecule has 0 saturated carbocycles. The molecule has 2 N–H and O–H groups in total. The average Bonchev–Trinajstić information content (AvgIpc) is 3.18. The van der Waals surface area contributed by atoms with Crippen molar-refractivity contribution in [2.24, 2.45) is 4.99 Å². The van der Waals surface area contributed by atoms with Gasteiger partial charge in [-0.15, -0.1) is 11.3 Å². The number of guanidine groups is 1. The molecule has 0 bridgehead atoms. The highest BCUT2D eigenvalue weighted by Crippen LogP contribution is 2.24. The van der Waals surface area contributed by atoms with Crippen molar-refractivity contribution in [3.63, 3.8) is 0 Å². The molecule has 1 aliphatic heterocycles. The van der Waals surface area contributed by atoms with E-state index >= 15 is 0 Å². The van der Waals surface area contributed by atoms with Gasteiger partial charge in [-0.1, -0.05) is 6.07 Å². The van der Waals surface area contributed by atoms with Crippen molar-refractivity contribution in [2.75, 3.05) is 26.7 Å². The molecule has 1 aromatic carbocycles. The first-order valence-corrected chi connectivity index (χ1v) is 10.6. The molecule has 0 fully saturated rings. The fourth-order valence-corrected chi connectivity index (χ4v) is 4.07. The molecule has 1 unspecified atom stereocenters.